The van der Waals surface area contributed by atoms with Gasteiger partial charge in [-0.05, 0) is 85.6 Å². The van der Waals surface area contributed by atoms with E-state index in [9.17, 15) is 18.0 Å². The normalized spacial score (nSPS) is 15.0. The van der Waals surface area contributed by atoms with Gasteiger partial charge in [-0.15, -0.1) is 0 Å². The fourth-order valence-corrected chi connectivity index (χ4v) is 5.28. The third-order valence-electron chi connectivity index (χ3n) is 5.46. The van der Waals surface area contributed by atoms with Crippen LogP contribution < -0.4 is 8.92 Å². The Balaban J connectivity index is 1.43. The van der Waals surface area contributed by atoms with E-state index in [4.69, 9.17) is 8.92 Å². The number of hydrogen-bond donors (Lipinski definition) is 0. The maximum absolute atomic E-state index is 12.8. The number of carbonyl (C=O) groups excluding carboxylic acids is 2. The molecule has 0 aromatic heterocycles. The van der Waals surface area contributed by atoms with Gasteiger partial charge in [-0.25, -0.2) is 0 Å². The monoisotopic (exact) mass is 523 g/mol. The molecule has 4 rings (SSSR count). The molecule has 1 fully saturated rings. The molecule has 3 aromatic rings. The van der Waals surface area contributed by atoms with Gasteiger partial charge in [0, 0.05) is 0 Å². The van der Waals surface area contributed by atoms with Gasteiger partial charge in [-0.3, -0.25) is 14.5 Å². The van der Waals surface area contributed by atoms with Gasteiger partial charge in [0.15, 0.2) is 0 Å². The molecular weight excluding hydrogens is 498 g/mol. The van der Waals surface area contributed by atoms with E-state index in [1.807, 2.05) is 39.0 Å². The Morgan fingerprint density at radius 3 is 2.39 bits per heavy atom. The molecule has 0 N–H and O–H groups in total. The number of ether oxygens (including phenoxy) is 1. The molecule has 0 saturated carbocycles. The Hall–Kier alpha value is -3.56. The van der Waals surface area contributed by atoms with Gasteiger partial charge in [-0.1, -0.05) is 42.0 Å². The smallest absolute Gasteiger partial charge is 0.339 e. The van der Waals surface area contributed by atoms with Crippen molar-refractivity contribution in [2.24, 2.45) is 0 Å². The standard InChI is InChI=1S/C27H25NO6S2/c1-18-8-11-23(12-9-18)36(31,32)34-22-6-4-5-21(16-22)17-25-26(29)28(27(30)35-25)13-14-33-24-15-19(2)7-10-20(24)3/h4-12,15-17H,13-14H2,1-3H3/b25-17-. The number of nitrogens with zero attached hydrogens (tertiary/aromatic N) is 1. The van der Waals surface area contributed by atoms with E-state index in [0.29, 0.717) is 5.56 Å². The molecule has 1 heterocycles. The van der Waals surface area contributed by atoms with Crippen LogP contribution in [0.1, 0.15) is 22.3 Å². The van der Waals surface area contributed by atoms with Crippen molar-refractivity contribution in [3.63, 3.8) is 0 Å². The number of carbonyl (C=O) groups is 2. The van der Waals surface area contributed by atoms with E-state index in [1.54, 1.807) is 30.3 Å². The molecule has 0 unspecified atom stereocenters. The highest BCUT2D eigenvalue weighted by Gasteiger charge is 2.34. The maximum atomic E-state index is 12.8. The molecule has 1 aliphatic rings. The van der Waals surface area contributed by atoms with Crippen LogP contribution in [0.5, 0.6) is 11.5 Å². The molecule has 0 aliphatic carbocycles. The maximum Gasteiger partial charge on any atom is 0.339 e. The Morgan fingerprint density at radius 2 is 1.64 bits per heavy atom. The first-order valence-corrected chi connectivity index (χ1v) is 13.4. The van der Waals surface area contributed by atoms with Crippen molar-refractivity contribution in [3.05, 3.63) is 93.9 Å². The molecule has 1 aliphatic heterocycles. The van der Waals surface area contributed by atoms with Crippen LogP contribution in [0, 0.1) is 20.8 Å². The van der Waals surface area contributed by atoms with E-state index >= 15 is 0 Å². The number of thioether (sulfide) groups is 1. The quantitative estimate of drug-likeness (QED) is 0.285. The predicted octanol–water partition coefficient (Wildman–Crippen LogP) is 5.49. The third kappa shape index (κ3) is 5.98. The zero-order valence-electron chi connectivity index (χ0n) is 20.1. The fourth-order valence-electron chi connectivity index (χ4n) is 3.49. The average Bonchev–Trinajstić information content (AvgIpc) is 3.09. The van der Waals surface area contributed by atoms with Crippen molar-refractivity contribution in [3.8, 4) is 11.5 Å². The molecule has 0 spiro atoms. The van der Waals surface area contributed by atoms with E-state index in [2.05, 4.69) is 0 Å². The van der Waals surface area contributed by atoms with Crippen molar-refractivity contribution in [2.45, 2.75) is 25.7 Å². The second-order valence-corrected chi connectivity index (χ2v) is 10.9. The van der Waals surface area contributed by atoms with Crippen molar-refractivity contribution in [1.29, 1.82) is 0 Å². The minimum atomic E-state index is -4.01. The van der Waals surface area contributed by atoms with Crippen LogP contribution in [-0.2, 0) is 14.9 Å². The predicted molar refractivity (Wildman–Crippen MR) is 140 cm³/mol. The second-order valence-electron chi connectivity index (χ2n) is 8.37. The lowest BCUT2D eigenvalue weighted by atomic mass is 10.1. The summed E-state index contributed by atoms with van der Waals surface area (Å²) in [5, 5.41) is -0.384. The third-order valence-corrected chi connectivity index (χ3v) is 7.63. The van der Waals surface area contributed by atoms with E-state index in [1.165, 1.54) is 24.3 Å². The summed E-state index contributed by atoms with van der Waals surface area (Å²) >= 11 is 0.830. The zero-order chi connectivity index (χ0) is 25.9. The topological polar surface area (TPSA) is 90.0 Å². The molecule has 7 nitrogen and oxygen atoms in total. The molecule has 186 valence electrons. The van der Waals surface area contributed by atoms with E-state index in [0.717, 1.165) is 39.1 Å². The van der Waals surface area contributed by atoms with Gasteiger partial charge < -0.3 is 8.92 Å². The first-order valence-electron chi connectivity index (χ1n) is 11.2. The number of rotatable bonds is 8. The minimum Gasteiger partial charge on any atom is -0.491 e. The molecule has 0 radical (unpaired) electrons. The fraction of sp³-hybridized carbons (Fsp3) is 0.185. The Morgan fingerprint density at radius 1 is 0.917 bits per heavy atom. The van der Waals surface area contributed by atoms with Crippen LogP contribution in [0.4, 0.5) is 4.79 Å². The zero-order valence-corrected chi connectivity index (χ0v) is 21.7. The summed E-state index contributed by atoms with van der Waals surface area (Å²) in [5.41, 5.74) is 3.49. The minimum absolute atomic E-state index is 0.0442. The number of hydrogen-bond acceptors (Lipinski definition) is 7. The van der Waals surface area contributed by atoms with Crippen molar-refractivity contribution in [1.82, 2.24) is 4.90 Å². The van der Waals surface area contributed by atoms with Crippen LogP contribution in [-0.4, -0.2) is 37.6 Å². The van der Waals surface area contributed by atoms with Crippen LogP contribution in [0.25, 0.3) is 6.08 Å². The SMILES string of the molecule is Cc1ccc(S(=O)(=O)Oc2cccc(/C=C3\SC(=O)N(CCOc4cc(C)ccc4C)C3=O)c2)cc1. The summed E-state index contributed by atoms with van der Waals surface area (Å²) in [4.78, 5) is 26.7. The summed E-state index contributed by atoms with van der Waals surface area (Å²) in [6, 6.07) is 18.5. The highest BCUT2D eigenvalue weighted by Crippen LogP contribution is 2.33. The molecule has 0 bridgehead atoms. The summed E-state index contributed by atoms with van der Waals surface area (Å²) in [6.45, 7) is 6.05. The highest BCUT2D eigenvalue weighted by molar-refractivity contribution is 8.18. The van der Waals surface area contributed by atoms with Crippen LogP contribution in [0.2, 0.25) is 0 Å². The molecule has 3 aromatic carbocycles. The summed E-state index contributed by atoms with van der Waals surface area (Å²) < 4.78 is 36.2. The molecular formula is C27H25NO6S2. The van der Waals surface area contributed by atoms with Gasteiger partial charge in [0.05, 0.1) is 11.4 Å². The number of amides is 2. The van der Waals surface area contributed by atoms with Crippen LogP contribution in [0.15, 0.2) is 76.5 Å². The highest BCUT2D eigenvalue weighted by atomic mass is 32.2. The number of benzene rings is 3. The lowest BCUT2D eigenvalue weighted by Gasteiger charge is -2.14. The average molecular weight is 524 g/mol. The Bertz CT molecular complexity index is 1450. The summed E-state index contributed by atoms with van der Waals surface area (Å²) in [6.07, 6.45) is 1.54. The largest absolute Gasteiger partial charge is 0.491 e. The molecule has 2 amide bonds. The van der Waals surface area contributed by atoms with Gasteiger partial charge in [0.2, 0.25) is 0 Å². The van der Waals surface area contributed by atoms with Crippen LogP contribution >= 0.6 is 11.8 Å². The first-order chi connectivity index (χ1) is 17.1. The summed E-state index contributed by atoms with van der Waals surface area (Å²) in [7, 11) is -4.01. The van der Waals surface area contributed by atoms with Gasteiger partial charge in [0.25, 0.3) is 11.1 Å². The second kappa shape index (κ2) is 10.6. The Kier molecular flexibility index (Phi) is 7.51. The van der Waals surface area contributed by atoms with Crippen molar-refractivity contribution < 1.29 is 26.9 Å². The number of imide groups is 1. The van der Waals surface area contributed by atoms with E-state index < -0.39 is 16.0 Å². The lowest BCUT2D eigenvalue weighted by Crippen LogP contribution is -2.32. The van der Waals surface area contributed by atoms with Gasteiger partial charge >= 0.3 is 10.1 Å². The summed E-state index contributed by atoms with van der Waals surface area (Å²) in [5.74, 6) is 0.397. The first kappa shape index (κ1) is 25.5. The lowest BCUT2D eigenvalue weighted by molar-refractivity contribution is -0.123. The molecule has 0 atom stereocenters. The number of aryl methyl sites for hydroxylation is 3. The molecule has 9 heteroatoms. The van der Waals surface area contributed by atoms with E-state index in [-0.39, 0.29) is 33.9 Å². The van der Waals surface area contributed by atoms with Gasteiger partial charge in [-0.2, -0.15) is 8.42 Å². The van der Waals surface area contributed by atoms with Gasteiger partial charge in [0.1, 0.15) is 23.0 Å². The van der Waals surface area contributed by atoms with Crippen LogP contribution in [0.3, 0.4) is 0 Å². The van der Waals surface area contributed by atoms with Crippen molar-refractivity contribution >= 4 is 39.1 Å². The molecule has 1 saturated heterocycles. The Labute approximate surface area is 214 Å². The molecule has 36 heavy (non-hydrogen) atoms. The van der Waals surface area contributed by atoms with Crippen molar-refractivity contribution in [2.75, 3.05) is 13.2 Å².